The number of nitrogens with zero attached hydrogens (tertiary/aromatic N) is 1. The number of piperidine rings is 1. The molecule has 1 atom stereocenters. The van der Waals surface area contributed by atoms with Gasteiger partial charge >= 0.3 is 0 Å². The first-order valence-electron chi connectivity index (χ1n) is 6.68. The van der Waals surface area contributed by atoms with Crippen LogP contribution in [0.5, 0.6) is 0 Å². The van der Waals surface area contributed by atoms with Gasteiger partial charge in [-0.1, -0.05) is 12.1 Å². The van der Waals surface area contributed by atoms with Gasteiger partial charge in [-0.3, -0.25) is 0 Å². The third kappa shape index (κ3) is 3.72. The highest BCUT2D eigenvalue weighted by Crippen LogP contribution is 2.21. The number of aliphatic hydroxyl groups is 1. The van der Waals surface area contributed by atoms with Gasteiger partial charge in [0.1, 0.15) is 0 Å². The normalized spacial score (nSPS) is 19.6. The third-order valence-electron chi connectivity index (χ3n) is 3.69. The maximum absolute atomic E-state index is 13.6. The molecule has 2 rings (SSSR count). The van der Waals surface area contributed by atoms with Crippen molar-refractivity contribution in [3.63, 3.8) is 0 Å². The molecular formula is C14H20F2N2O. The zero-order valence-corrected chi connectivity index (χ0v) is 10.9. The molecule has 1 aliphatic heterocycles. The minimum atomic E-state index is -0.853. The fourth-order valence-corrected chi connectivity index (χ4v) is 2.43. The summed E-state index contributed by atoms with van der Waals surface area (Å²) in [7, 11) is 0. The number of rotatable bonds is 4. The van der Waals surface area contributed by atoms with Crippen molar-refractivity contribution in [2.75, 3.05) is 19.6 Å². The molecule has 1 fully saturated rings. The molecule has 0 bridgehead atoms. The van der Waals surface area contributed by atoms with Gasteiger partial charge in [0.2, 0.25) is 0 Å². The highest BCUT2D eigenvalue weighted by molar-refractivity contribution is 5.22. The van der Waals surface area contributed by atoms with Crippen LogP contribution < -0.4 is 5.73 Å². The van der Waals surface area contributed by atoms with Crippen LogP contribution in [0.4, 0.5) is 8.78 Å². The van der Waals surface area contributed by atoms with Gasteiger partial charge < -0.3 is 15.7 Å². The summed E-state index contributed by atoms with van der Waals surface area (Å²) in [6, 6.07) is 3.61. The zero-order chi connectivity index (χ0) is 13.8. The van der Waals surface area contributed by atoms with Crippen LogP contribution in [0.15, 0.2) is 18.2 Å². The van der Waals surface area contributed by atoms with Crippen molar-refractivity contribution in [2.24, 2.45) is 5.73 Å². The van der Waals surface area contributed by atoms with Crippen LogP contribution in [0, 0.1) is 11.6 Å². The summed E-state index contributed by atoms with van der Waals surface area (Å²) in [5.41, 5.74) is 6.16. The Morgan fingerprint density at radius 2 is 2.00 bits per heavy atom. The molecule has 1 aromatic rings. The van der Waals surface area contributed by atoms with E-state index in [0.717, 1.165) is 38.5 Å². The average Bonchev–Trinajstić information content (AvgIpc) is 2.41. The van der Waals surface area contributed by atoms with Crippen LogP contribution >= 0.6 is 0 Å². The lowest BCUT2D eigenvalue weighted by Crippen LogP contribution is -2.37. The number of aliphatic hydroxyl groups excluding tert-OH is 1. The van der Waals surface area contributed by atoms with Gasteiger partial charge in [-0.15, -0.1) is 0 Å². The van der Waals surface area contributed by atoms with Crippen LogP contribution in [0.3, 0.4) is 0 Å². The van der Waals surface area contributed by atoms with Crippen molar-refractivity contribution in [3.05, 3.63) is 35.4 Å². The monoisotopic (exact) mass is 270 g/mol. The summed E-state index contributed by atoms with van der Waals surface area (Å²) < 4.78 is 26.7. The van der Waals surface area contributed by atoms with E-state index in [0.29, 0.717) is 6.42 Å². The molecule has 3 nitrogen and oxygen atoms in total. The predicted molar refractivity (Wildman–Crippen MR) is 69.6 cm³/mol. The minimum Gasteiger partial charge on any atom is -0.393 e. The standard InChI is InChI=1S/C14H20F2N2O/c15-12-3-1-2-11(14(12)16)13(17)6-9-18-7-4-10(19)5-8-18/h1-3,10,13,19H,4-9,17H2. The zero-order valence-electron chi connectivity index (χ0n) is 10.9. The number of likely N-dealkylation sites (tertiary alicyclic amines) is 1. The summed E-state index contributed by atoms with van der Waals surface area (Å²) in [6.45, 7) is 2.41. The van der Waals surface area contributed by atoms with Crippen LogP contribution in [0.2, 0.25) is 0 Å². The average molecular weight is 270 g/mol. The lowest BCUT2D eigenvalue weighted by molar-refractivity contribution is 0.0812. The van der Waals surface area contributed by atoms with Gasteiger partial charge in [0.05, 0.1) is 6.10 Å². The van der Waals surface area contributed by atoms with Gasteiger partial charge in [-0.25, -0.2) is 8.78 Å². The Morgan fingerprint density at radius 3 is 2.68 bits per heavy atom. The lowest BCUT2D eigenvalue weighted by atomic mass is 10.0. The first-order chi connectivity index (χ1) is 9.08. The van der Waals surface area contributed by atoms with E-state index in [2.05, 4.69) is 4.90 Å². The van der Waals surface area contributed by atoms with Crippen LogP contribution in [0.1, 0.15) is 30.9 Å². The van der Waals surface area contributed by atoms with Crippen LogP contribution in [-0.4, -0.2) is 35.7 Å². The molecule has 1 unspecified atom stereocenters. The summed E-state index contributed by atoms with van der Waals surface area (Å²) in [5, 5.41) is 9.41. The Balaban J connectivity index is 1.87. The Kier molecular flexibility index (Phi) is 4.85. The summed E-state index contributed by atoms with van der Waals surface area (Å²) in [6.07, 6.45) is 1.91. The van der Waals surface area contributed by atoms with E-state index in [1.807, 2.05) is 0 Å². The number of hydrogen-bond acceptors (Lipinski definition) is 3. The van der Waals surface area contributed by atoms with Crippen molar-refractivity contribution >= 4 is 0 Å². The second kappa shape index (κ2) is 6.41. The topological polar surface area (TPSA) is 49.5 Å². The Bertz CT molecular complexity index is 420. The van der Waals surface area contributed by atoms with Gasteiger partial charge in [-0.2, -0.15) is 0 Å². The summed E-state index contributed by atoms with van der Waals surface area (Å²) >= 11 is 0. The highest BCUT2D eigenvalue weighted by atomic mass is 19.2. The van der Waals surface area contributed by atoms with Crippen molar-refractivity contribution in [1.29, 1.82) is 0 Å². The highest BCUT2D eigenvalue weighted by Gasteiger charge is 2.19. The lowest BCUT2D eigenvalue weighted by Gasteiger charge is -2.30. The SMILES string of the molecule is NC(CCN1CCC(O)CC1)c1cccc(F)c1F. The van der Waals surface area contributed by atoms with Gasteiger partial charge in [0.25, 0.3) is 0 Å². The molecule has 0 aromatic heterocycles. The number of halogens is 2. The van der Waals surface area contributed by atoms with Crippen molar-refractivity contribution < 1.29 is 13.9 Å². The molecule has 1 aliphatic rings. The fourth-order valence-electron chi connectivity index (χ4n) is 2.43. The molecule has 106 valence electrons. The molecule has 19 heavy (non-hydrogen) atoms. The number of nitrogens with two attached hydrogens (primary N) is 1. The molecule has 0 spiro atoms. The predicted octanol–water partition coefficient (Wildman–Crippen LogP) is 1.81. The molecule has 1 saturated heterocycles. The first-order valence-corrected chi connectivity index (χ1v) is 6.68. The Morgan fingerprint density at radius 1 is 1.32 bits per heavy atom. The van der Waals surface area contributed by atoms with Crippen molar-refractivity contribution in [2.45, 2.75) is 31.4 Å². The quantitative estimate of drug-likeness (QED) is 0.877. The van der Waals surface area contributed by atoms with Crippen molar-refractivity contribution in [1.82, 2.24) is 4.90 Å². The van der Waals surface area contributed by atoms with E-state index in [1.165, 1.54) is 12.1 Å². The second-order valence-electron chi connectivity index (χ2n) is 5.11. The molecule has 5 heteroatoms. The number of hydrogen-bond donors (Lipinski definition) is 2. The Hall–Kier alpha value is -1.04. The van der Waals surface area contributed by atoms with E-state index < -0.39 is 17.7 Å². The van der Waals surface area contributed by atoms with Gasteiger partial charge in [-0.05, 0) is 31.9 Å². The molecule has 3 N–H and O–H groups in total. The van der Waals surface area contributed by atoms with E-state index in [9.17, 15) is 13.9 Å². The molecule has 0 aliphatic carbocycles. The molecule has 0 amide bonds. The molecule has 0 saturated carbocycles. The maximum atomic E-state index is 13.6. The molecular weight excluding hydrogens is 250 g/mol. The van der Waals surface area contributed by atoms with E-state index >= 15 is 0 Å². The van der Waals surface area contributed by atoms with E-state index in [1.54, 1.807) is 0 Å². The molecule has 1 heterocycles. The van der Waals surface area contributed by atoms with Gasteiger partial charge in [0, 0.05) is 24.7 Å². The molecule has 1 aromatic carbocycles. The first kappa shape index (κ1) is 14.4. The molecule has 0 radical (unpaired) electrons. The summed E-state index contributed by atoms with van der Waals surface area (Å²) in [4.78, 5) is 2.20. The number of benzene rings is 1. The maximum Gasteiger partial charge on any atom is 0.163 e. The van der Waals surface area contributed by atoms with Crippen molar-refractivity contribution in [3.8, 4) is 0 Å². The Labute approximate surface area is 112 Å². The largest absolute Gasteiger partial charge is 0.393 e. The van der Waals surface area contributed by atoms with Crippen LogP contribution in [-0.2, 0) is 0 Å². The van der Waals surface area contributed by atoms with E-state index in [4.69, 9.17) is 5.73 Å². The minimum absolute atomic E-state index is 0.203. The van der Waals surface area contributed by atoms with Gasteiger partial charge in [0.15, 0.2) is 11.6 Å². The van der Waals surface area contributed by atoms with Crippen LogP contribution in [0.25, 0.3) is 0 Å². The van der Waals surface area contributed by atoms with E-state index in [-0.39, 0.29) is 11.7 Å². The fraction of sp³-hybridized carbons (Fsp3) is 0.571. The smallest absolute Gasteiger partial charge is 0.163 e. The summed E-state index contributed by atoms with van der Waals surface area (Å²) in [5.74, 6) is -1.70. The second-order valence-corrected chi connectivity index (χ2v) is 5.11. The third-order valence-corrected chi connectivity index (χ3v) is 3.69.